The fourth-order valence-electron chi connectivity index (χ4n) is 2.14. The Kier molecular flexibility index (Phi) is 4.12. The normalized spacial score (nSPS) is 21.3. The topological polar surface area (TPSA) is 62.1 Å². The van der Waals surface area contributed by atoms with Gasteiger partial charge in [-0.2, -0.15) is 10.1 Å². The van der Waals surface area contributed by atoms with Crippen molar-refractivity contribution in [3.8, 4) is 0 Å². The van der Waals surface area contributed by atoms with Gasteiger partial charge in [-0.05, 0) is 37.3 Å². The lowest BCUT2D eigenvalue weighted by atomic mass is 10.2. The predicted molar refractivity (Wildman–Crippen MR) is 79.5 cm³/mol. The van der Waals surface area contributed by atoms with Crippen LogP contribution in [0.2, 0.25) is 10.4 Å². The van der Waals surface area contributed by atoms with Crippen molar-refractivity contribution in [3.63, 3.8) is 0 Å². The van der Waals surface area contributed by atoms with E-state index in [1.54, 1.807) is 0 Å². The summed E-state index contributed by atoms with van der Waals surface area (Å²) in [6, 6.07) is 0. The Balaban J connectivity index is 1.72. The molecule has 0 N–H and O–H groups in total. The summed E-state index contributed by atoms with van der Waals surface area (Å²) in [5.74, 6) is 0. The molecule has 2 aromatic heterocycles. The Hall–Kier alpha value is -0.950. The number of nitrogens with zero attached hydrogens (tertiary/aromatic N) is 4. The quantitative estimate of drug-likeness (QED) is 0.787. The van der Waals surface area contributed by atoms with Crippen molar-refractivity contribution in [3.05, 3.63) is 16.6 Å². The van der Waals surface area contributed by atoms with Gasteiger partial charge in [0.1, 0.15) is 0 Å². The van der Waals surface area contributed by atoms with Gasteiger partial charge >= 0.3 is 0 Å². The summed E-state index contributed by atoms with van der Waals surface area (Å²) in [5.41, 5.74) is 0.258. The van der Waals surface area contributed by atoms with Gasteiger partial charge in [-0.1, -0.05) is 11.6 Å². The minimum Gasteiger partial charge on any atom is -0.353 e. The van der Waals surface area contributed by atoms with E-state index in [2.05, 4.69) is 15.1 Å². The highest BCUT2D eigenvalue weighted by Crippen LogP contribution is 2.21. The average molecular weight is 333 g/mol. The lowest BCUT2D eigenvalue weighted by Crippen LogP contribution is -2.23. The van der Waals surface area contributed by atoms with Gasteiger partial charge in [0.15, 0.2) is 17.1 Å². The molecule has 1 saturated heterocycles. The highest BCUT2D eigenvalue weighted by Gasteiger charge is 2.14. The fourth-order valence-corrected chi connectivity index (χ4v) is 2.48. The fraction of sp³-hybridized carbons (Fsp3) is 0.615. The van der Waals surface area contributed by atoms with E-state index in [1.807, 2.05) is 0 Å². The molecule has 0 bridgehead atoms. The monoisotopic (exact) mass is 332 g/mol. The first-order chi connectivity index (χ1) is 11.0. The smallest absolute Gasteiger partial charge is 0.224 e. The summed E-state index contributed by atoms with van der Waals surface area (Å²) in [5, 5.41) is 4.63. The number of fused-ring (bicyclic) bond motifs is 1. The minimum atomic E-state index is -1.82. The molecule has 1 atom stereocenters. The molecule has 0 radical (unpaired) electrons. The summed E-state index contributed by atoms with van der Waals surface area (Å²) < 4.78 is 28.6. The first-order valence-corrected chi connectivity index (χ1v) is 7.53. The van der Waals surface area contributed by atoms with E-state index < -0.39 is 6.50 Å². The van der Waals surface area contributed by atoms with E-state index in [1.165, 1.54) is 6.20 Å². The molecule has 8 heteroatoms. The van der Waals surface area contributed by atoms with Crippen molar-refractivity contribution < 1.29 is 12.2 Å². The number of halogens is 2. The maximum Gasteiger partial charge on any atom is 0.224 e. The van der Waals surface area contributed by atoms with Gasteiger partial charge in [0.25, 0.3) is 0 Å². The summed E-state index contributed by atoms with van der Waals surface area (Å²) in [6.07, 6.45) is 4.20. The molecular formula is C13H16Cl2N4O2. The molecule has 3 heterocycles. The van der Waals surface area contributed by atoms with E-state index in [4.69, 9.17) is 35.4 Å². The predicted octanol–water partition coefficient (Wildman–Crippen LogP) is 3.07. The first-order valence-electron chi connectivity index (χ1n) is 7.78. The molecular weight excluding hydrogens is 315 g/mol. The zero-order valence-electron chi connectivity index (χ0n) is 13.3. The highest BCUT2D eigenvalue weighted by atomic mass is 35.5. The summed E-state index contributed by atoms with van der Waals surface area (Å²) in [6.45, 7) is -0.931. The molecule has 0 amide bonds. The third kappa shape index (κ3) is 3.63. The number of hydrogen-bond acceptors (Lipinski definition) is 5. The molecule has 6 nitrogen and oxygen atoms in total. The Labute approximate surface area is 135 Å². The van der Waals surface area contributed by atoms with Crippen molar-refractivity contribution in [2.45, 2.75) is 38.5 Å². The largest absolute Gasteiger partial charge is 0.353 e. The van der Waals surface area contributed by atoms with Crippen LogP contribution in [0.15, 0.2) is 6.20 Å². The highest BCUT2D eigenvalue weighted by molar-refractivity contribution is 6.34. The van der Waals surface area contributed by atoms with Gasteiger partial charge in [0, 0.05) is 19.3 Å². The number of aryl methyl sites for hydroxylation is 1. The molecule has 114 valence electrons. The Bertz CT molecular complexity index is 692. The van der Waals surface area contributed by atoms with E-state index in [0.29, 0.717) is 12.0 Å². The maximum absolute atomic E-state index is 8.23. The van der Waals surface area contributed by atoms with Gasteiger partial charge in [0.2, 0.25) is 5.28 Å². The van der Waals surface area contributed by atoms with Gasteiger partial charge in [-0.3, -0.25) is 0 Å². The second kappa shape index (κ2) is 6.87. The summed E-state index contributed by atoms with van der Waals surface area (Å²) in [7, 11) is 0. The second-order valence-corrected chi connectivity index (χ2v) is 5.35. The molecule has 0 aromatic carbocycles. The Morgan fingerprint density at radius 2 is 2.38 bits per heavy atom. The van der Waals surface area contributed by atoms with Crippen LogP contribution in [0.1, 0.15) is 28.4 Å². The van der Waals surface area contributed by atoms with Crippen LogP contribution in [-0.4, -0.2) is 39.3 Å². The van der Waals surface area contributed by atoms with Gasteiger partial charge < -0.3 is 9.47 Å². The molecule has 0 aliphatic carbocycles. The zero-order chi connectivity index (χ0) is 16.4. The second-order valence-electron chi connectivity index (χ2n) is 4.65. The Morgan fingerprint density at radius 3 is 3.19 bits per heavy atom. The van der Waals surface area contributed by atoms with Crippen LogP contribution in [0.4, 0.5) is 0 Å². The molecule has 1 aliphatic rings. The molecule has 1 aliphatic heterocycles. The molecule has 0 spiro atoms. The lowest BCUT2D eigenvalue weighted by molar-refractivity contribution is -0.163. The summed E-state index contributed by atoms with van der Waals surface area (Å²) >= 11 is 11.8. The first kappa shape index (κ1) is 12.6. The van der Waals surface area contributed by atoms with E-state index in [9.17, 15) is 0 Å². The van der Waals surface area contributed by atoms with E-state index >= 15 is 0 Å². The van der Waals surface area contributed by atoms with Crippen LogP contribution in [0, 0.1) is 0 Å². The number of hydrogen-bond donors (Lipinski definition) is 0. The SMILES string of the molecule is [2H]C([2H])(CCOC1CCCCO1)n1nc(Cl)c2cnc(Cl)nc21. The van der Waals surface area contributed by atoms with Gasteiger partial charge in [-0.15, -0.1) is 0 Å². The molecule has 1 unspecified atom stereocenters. The van der Waals surface area contributed by atoms with E-state index in [-0.39, 0.29) is 35.4 Å². The maximum atomic E-state index is 8.23. The molecule has 0 saturated carbocycles. The molecule has 3 rings (SSSR count). The number of aromatic nitrogens is 4. The zero-order valence-corrected chi connectivity index (χ0v) is 12.8. The standard InChI is InChI=1S/C13H16Cl2N4O2/c14-11-9-8-16-13(15)17-12(9)19(18-11)5-3-7-21-10-4-1-2-6-20-10/h8,10H,1-7H2/i5D2. The number of rotatable bonds is 5. The van der Waals surface area contributed by atoms with Crippen LogP contribution in [0.5, 0.6) is 0 Å². The van der Waals surface area contributed by atoms with Crippen molar-refractivity contribution >= 4 is 34.2 Å². The van der Waals surface area contributed by atoms with Gasteiger partial charge in [0.05, 0.1) is 14.7 Å². The Morgan fingerprint density at radius 1 is 1.48 bits per heavy atom. The third-order valence-electron chi connectivity index (χ3n) is 3.16. The van der Waals surface area contributed by atoms with Gasteiger partial charge in [-0.25, -0.2) is 9.67 Å². The average Bonchev–Trinajstić information content (AvgIpc) is 2.85. The molecule has 2 aromatic rings. The third-order valence-corrected chi connectivity index (χ3v) is 3.62. The van der Waals surface area contributed by atoms with Crippen molar-refractivity contribution in [2.24, 2.45) is 0 Å². The molecule has 1 fully saturated rings. The molecule has 21 heavy (non-hydrogen) atoms. The van der Waals surface area contributed by atoms with Crippen LogP contribution < -0.4 is 0 Å². The lowest BCUT2D eigenvalue weighted by Gasteiger charge is -2.22. The minimum absolute atomic E-state index is 0.0120. The van der Waals surface area contributed by atoms with Crippen LogP contribution in [0.3, 0.4) is 0 Å². The van der Waals surface area contributed by atoms with Crippen LogP contribution >= 0.6 is 23.2 Å². The van der Waals surface area contributed by atoms with Crippen molar-refractivity contribution in [1.82, 2.24) is 19.7 Å². The van der Waals surface area contributed by atoms with Crippen molar-refractivity contribution in [1.29, 1.82) is 0 Å². The van der Waals surface area contributed by atoms with E-state index in [0.717, 1.165) is 23.9 Å². The van der Waals surface area contributed by atoms with Crippen LogP contribution in [0.25, 0.3) is 11.0 Å². The van der Waals surface area contributed by atoms with Crippen molar-refractivity contribution in [2.75, 3.05) is 13.2 Å². The number of ether oxygens (including phenoxy) is 2. The van der Waals surface area contributed by atoms with Crippen LogP contribution in [-0.2, 0) is 16.0 Å². The summed E-state index contributed by atoms with van der Waals surface area (Å²) in [4.78, 5) is 7.87.